The number of carbonyl (C=O) groups is 1. The molecular formula is C26H25N3O7S2. The predicted molar refractivity (Wildman–Crippen MR) is 144 cm³/mol. The number of nitrogens with zero attached hydrogens (tertiary/aromatic N) is 1. The van der Waals surface area contributed by atoms with E-state index in [0.29, 0.717) is 16.7 Å². The zero-order chi connectivity index (χ0) is 27.3. The molecule has 3 aromatic carbocycles. The minimum absolute atomic E-state index is 0.0106. The second kappa shape index (κ2) is 11.8. The van der Waals surface area contributed by atoms with Crippen LogP contribution in [0.15, 0.2) is 87.6 Å². The summed E-state index contributed by atoms with van der Waals surface area (Å²) in [7, 11) is -2.62. The molecule has 10 nitrogen and oxygen atoms in total. The number of hydrogen-bond donors (Lipinski definition) is 4. The Bertz CT molecular complexity index is 1590. The average molecular weight is 556 g/mol. The molecule has 198 valence electrons. The number of methoxy groups -OCH3 is 1. The molecule has 4 N–H and O–H groups in total. The number of H-pyrrole nitrogens is 1. The predicted octanol–water partition coefficient (Wildman–Crippen LogP) is 2.87. The van der Waals surface area contributed by atoms with Crippen molar-refractivity contribution in [2.24, 2.45) is 0 Å². The number of benzene rings is 3. The Hall–Kier alpha value is -3.71. The number of aliphatic hydroxyl groups is 1. The minimum Gasteiger partial charge on any atom is -0.497 e. The number of aliphatic hydroxyl groups excluding tert-OH is 1. The number of thioether (sulfide) groups is 1. The maximum absolute atomic E-state index is 12.9. The molecule has 0 saturated heterocycles. The molecule has 1 aromatic heterocycles. The molecule has 4 rings (SSSR count). The summed E-state index contributed by atoms with van der Waals surface area (Å²) in [6.07, 6.45) is -1.58. The molecule has 0 fully saturated rings. The Morgan fingerprint density at radius 3 is 2.32 bits per heavy atom. The van der Waals surface area contributed by atoms with Gasteiger partial charge in [0.2, 0.25) is 10.0 Å². The van der Waals surface area contributed by atoms with Crippen LogP contribution in [0.3, 0.4) is 0 Å². The first-order valence-electron chi connectivity index (χ1n) is 11.5. The summed E-state index contributed by atoms with van der Waals surface area (Å²) < 4.78 is 33.0. The molecule has 2 atom stereocenters. The number of aliphatic carboxylic acids is 1. The molecule has 0 aliphatic carbocycles. The van der Waals surface area contributed by atoms with Crippen LogP contribution in [0, 0.1) is 0 Å². The van der Waals surface area contributed by atoms with Gasteiger partial charge in [-0.1, -0.05) is 48.2 Å². The summed E-state index contributed by atoms with van der Waals surface area (Å²) in [5.41, 5.74) is 1.78. The van der Waals surface area contributed by atoms with Crippen molar-refractivity contribution in [3.8, 4) is 16.9 Å². The lowest BCUT2D eigenvalue weighted by atomic mass is 10.1. The number of para-hydroxylation sites is 1. The van der Waals surface area contributed by atoms with Gasteiger partial charge in [-0.3, -0.25) is 9.59 Å². The van der Waals surface area contributed by atoms with E-state index >= 15 is 0 Å². The number of aromatic nitrogens is 2. The zero-order valence-electron chi connectivity index (χ0n) is 20.2. The maximum atomic E-state index is 12.9. The average Bonchev–Trinajstić information content (AvgIpc) is 2.91. The van der Waals surface area contributed by atoms with E-state index in [2.05, 4.69) is 14.7 Å². The van der Waals surface area contributed by atoms with E-state index in [1.165, 1.54) is 12.1 Å². The zero-order valence-corrected chi connectivity index (χ0v) is 21.8. The lowest BCUT2D eigenvalue weighted by molar-refractivity contribution is -0.139. The van der Waals surface area contributed by atoms with Crippen molar-refractivity contribution in [1.82, 2.24) is 14.7 Å². The topological polar surface area (TPSA) is 159 Å². The molecule has 12 heteroatoms. The lowest BCUT2D eigenvalue weighted by Crippen LogP contribution is -2.43. The fourth-order valence-corrected chi connectivity index (χ4v) is 5.73. The van der Waals surface area contributed by atoms with Gasteiger partial charge < -0.3 is 19.9 Å². The number of nitrogens with one attached hydrogen (secondary N) is 2. The van der Waals surface area contributed by atoms with Crippen LogP contribution in [-0.2, 0) is 14.8 Å². The number of ether oxygens (including phenoxy) is 1. The van der Waals surface area contributed by atoms with E-state index in [4.69, 9.17) is 4.74 Å². The van der Waals surface area contributed by atoms with E-state index in [-0.39, 0.29) is 27.8 Å². The van der Waals surface area contributed by atoms with E-state index < -0.39 is 28.1 Å². The normalized spacial score (nSPS) is 13.2. The SMILES string of the molecule is COc1ccc(-c2ccc(S(=O)(=O)NC(CC(O)CSc3nc4ccccc4c(=O)[nH]3)C(=O)O)cc2)cc1. The van der Waals surface area contributed by atoms with E-state index in [1.807, 2.05) is 12.1 Å². The summed E-state index contributed by atoms with van der Waals surface area (Å²) in [6, 6.07) is 18.5. The van der Waals surface area contributed by atoms with Gasteiger partial charge in [0.15, 0.2) is 5.16 Å². The van der Waals surface area contributed by atoms with Crippen molar-refractivity contribution in [3.63, 3.8) is 0 Å². The summed E-state index contributed by atoms with van der Waals surface area (Å²) >= 11 is 1.03. The van der Waals surface area contributed by atoms with Crippen molar-refractivity contribution in [3.05, 3.63) is 83.2 Å². The molecule has 0 radical (unpaired) electrons. The molecule has 38 heavy (non-hydrogen) atoms. The Kier molecular flexibility index (Phi) is 8.47. The highest BCUT2D eigenvalue weighted by Gasteiger charge is 2.28. The molecule has 2 unspecified atom stereocenters. The fraction of sp³-hybridized carbons (Fsp3) is 0.192. The van der Waals surface area contributed by atoms with E-state index in [9.17, 15) is 28.2 Å². The molecule has 0 saturated carbocycles. The molecule has 1 heterocycles. The Morgan fingerprint density at radius 1 is 1.05 bits per heavy atom. The lowest BCUT2D eigenvalue weighted by Gasteiger charge is -2.18. The summed E-state index contributed by atoms with van der Waals surface area (Å²) in [6.45, 7) is 0. The number of fused-ring (bicyclic) bond motifs is 1. The highest BCUT2D eigenvalue weighted by atomic mass is 32.2. The van der Waals surface area contributed by atoms with Gasteiger partial charge in [-0.15, -0.1) is 0 Å². The first kappa shape index (κ1) is 27.3. The van der Waals surface area contributed by atoms with Gasteiger partial charge in [-0.25, -0.2) is 13.4 Å². The van der Waals surface area contributed by atoms with Gasteiger partial charge in [0, 0.05) is 12.2 Å². The van der Waals surface area contributed by atoms with Crippen LogP contribution in [0.1, 0.15) is 6.42 Å². The van der Waals surface area contributed by atoms with Crippen LogP contribution in [0.25, 0.3) is 22.0 Å². The summed E-state index contributed by atoms with van der Waals surface area (Å²) in [5.74, 6) is -0.743. The van der Waals surface area contributed by atoms with Gasteiger partial charge in [0.25, 0.3) is 5.56 Å². The van der Waals surface area contributed by atoms with Gasteiger partial charge in [0.05, 0.1) is 29.0 Å². The molecule has 4 aromatic rings. The Morgan fingerprint density at radius 2 is 1.68 bits per heavy atom. The van der Waals surface area contributed by atoms with Crippen LogP contribution in [0.4, 0.5) is 0 Å². The number of aromatic amines is 1. The summed E-state index contributed by atoms with van der Waals surface area (Å²) in [4.78, 5) is 30.8. The van der Waals surface area contributed by atoms with Crippen LogP contribution in [-0.4, -0.2) is 59.6 Å². The second-order valence-corrected chi connectivity index (χ2v) is 11.1. The molecule has 0 spiro atoms. The van der Waals surface area contributed by atoms with Crippen LogP contribution < -0.4 is 15.0 Å². The van der Waals surface area contributed by atoms with Crippen molar-refractivity contribution in [1.29, 1.82) is 0 Å². The second-order valence-electron chi connectivity index (χ2n) is 8.35. The quantitative estimate of drug-likeness (QED) is 0.161. The van der Waals surface area contributed by atoms with Crippen LogP contribution in [0.5, 0.6) is 5.75 Å². The monoisotopic (exact) mass is 555 g/mol. The Balaban J connectivity index is 1.40. The third-order valence-electron chi connectivity index (χ3n) is 5.69. The van der Waals surface area contributed by atoms with Gasteiger partial charge in [-0.05, 0) is 47.5 Å². The number of carboxylic acids is 1. The highest BCUT2D eigenvalue weighted by Crippen LogP contribution is 2.24. The van der Waals surface area contributed by atoms with Crippen molar-refractivity contribution in [2.45, 2.75) is 28.6 Å². The maximum Gasteiger partial charge on any atom is 0.321 e. The van der Waals surface area contributed by atoms with Gasteiger partial charge in [0.1, 0.15) is 11.8 Å². The van der Waals surface area contributed by atoms with Crippen molar-refractivity contribution in [2.75, 3.05) is 12.9 Å². The minimum atomic E-state index is -4.19. The molecular weight excluding hydrogens is 530 g/mol. The first-order chi connectivity index (χ1) is 18.2. The Labute approximate surface area is 222 Å². The van der Waals surface area contributed by atoms with Crippen LogP contribution >= 0.6 is 11.8 Å². The van der Waals surface area contributed by atoms with Crippen LogP contribution in [0.2, 0.25) is 0 Å². The fourth-order valence-electron chi connectivity index (χ4n) is 3.71. The molecule has 0 aliphatic rings. The number of rotatable bonds is 11. The smallest absolute Gasteiger partial charge is 0.321 e. The van der Waals surface area contributed by atoms with E-state index in [0.717, 1.165) is 22.9 Å². The van der Waals surface area contributed by atoms with Crippen molar-refractivity contribution < 1.29 is 28.2 Å². The number of carboxylic acid groups (broad SMARTS) is 1. The molecule has 0 amide bonds. The molecule has 0 aliphatic heterocycles. The standard InChI is InChI=1S/C26H25N3O7S2/c1-36-19-10-6-16(7-11-19)17-8-12-20(13-9-17)38(34,35)29-23(25(32)33)14-18(30)15-37-26-27-22-5-3-2-4-21(22)24(31)28-26/h2-13,18,23,29-30H,14-15H2,1H3,(H,32,33)(H,27,28,31). The largest absolute Gasteiger partial charge is 0.497 e. The van der Waals surface area contributed by atoms with Gasteiger partial charge in [-0.2, -0.15) is 4.72 Å². The summed E-state index contributed by atoms with van der Waals surface area (Å²) in [5, 5.41) is 20.7. The molecule has 0 bridgehead atoms. The highest BCUT2D eigenvalue weighted by molar-refractivity contribution is 7.99. The third-order valence-corrected chi connectivity index (χ3v) is 8.20. The van der Waals surface area contributed by atoms with Gasteiger partial charge >= 0.3 is 5.97 Å². The number of hydrogen-bond acceptors (Lipinski definition) is 8. The van der Waals surface area contributed by atoms with E-state index in [1.54, 1.807) is 55.6 Å². The first-order valence-corrected chi connectivity index (χ1v) is 13.9. The third kappa shape index (κ3) is 6.58. The van der Waals surface area contributed by atoms with Crippen molar-refractivity contribution >= 4 is 38.7 Å². The number of sulfonamides is 1.